The molecule has 0 amide bonds. The number of piperidine rings is 1. The zero-order chi connectivity index (χ0) is 18.6. The average molecular weight is 355 g/mol. The third kappa shape index (κ3) is 4.92. The van der Waals surface area contributed by atoms with Gasteiger partial charge in [0.25, 0.3) is 0 Å². The minimum absolute atomic E-state index is 0.180. The molecule has 1 fully saturated rings. The Bertz CT molecular complexity index is 705. The van der Waals surface area contributed by atoms with Gasteiger partial charge in [-0.1, -0.05) is 0 Å². The molecule has 1 aromatic rings. The van der Waals surface area contributed by atoms with Crippen LogP contribution < -0.4 is 4.90 Å². The lowest BCUT2D eigenvalue weighted by atomic mass is 9.93. The Kier molecular flexibility index (Phi) is 5.62. The van der Waals surface area contributed by atoms with Crippen molar-refractivity contribution in [2.24, 2.45) is 5.92 Å². The summed E-state index contributed by atoms with van der Waals surface area (Å²) >= 11 is 0. The molecule has 0 aromatic carbocycles. The summed E-state index contributed by atoms with van der Waals surface area (Å²) in [5, 5.41) is 9.16. The van der Waals surface area contributed by atoms with Crippen LogP contribution in [0.25, 0.3) is 0 Å². The smallest absolute Gasteiger partial charge is 0.386 e. The van der Waals surface area contributed by atoms with Crippen LogP contribution in [0, 0.1) is 24.2 Å². The first-order valence-electron chi connectivity index (χ1n) is 7.65. The SMILES string of the molecule is Cc1ccc(C#N)c(N2CCC(CC(=O)OC(=O)C(F)(F)F)CC2)n1. The largest absolute Gasteiger partial charge is 0.491 e. The lowest BCUT2D eigenvalue weighted by molar-refractivity contribution is -0.202. The number of aromatic nitrogens is 1. The monoisotopic (exact) mass is 355 g/mol. The molecule has 134 valence electrons. The molecule has 1 aliphatic heterocycles. The lowest BCUT2D eigenvalue weighted by Gasteiger charge is -2.33. The standard InChI is InChI=1S/C16H16F3N3O3/c1-10-2-3-12(9-20)14(21-10)22-6-4-11(5-7-22)8-13(23)25-15(24)16(17,18)19/h2-3,11H,4-8H2,1H3. The first-order valence-corrected chi connectivity index (χ1v) is 7.65. The van der Waals surface area contributed by atoms with Gasteiger partial charge in [0.05, 0.1) is 5.56 Å². The lowest BCUT2D eigenvalue weighted by Crippen LogP contribution is -2.36. The molecule has 2 heterocycles. The van der Waals surface area contributed by atoms with Crippen LogP contribution in [-0.2, 0) is 14.3 Å². The molecule has 0 radical (unpaired) electrons. The molecule has 1 saturated heterocycles. The number of carbonyl (C=O) groups excluding carboxylic acids is 2. The number of pyridine rings is 1. The fourth-order valence-electron chi connectivity index (χ4n) is 2.66. The number of alkyl halides is 3. The van der Waals surface area contributed by atoms with Gasteiger partial charge in [0.15, 0.2) is 0 Å². The van der Waals surface area contributed by atoms with E-state index < -0.39 is 18.1 Å². The Balaban J connectivity index is 1.90. The summed E-state index contributed by atoms with van der Waals surface area (Å²) in [6.45, 7) is 2.83. The van der Waals surface area contributed by atoms with E-state index in [-0.39, 0.29) is 12.3 Å². The Labute approximate surface area is 142 Å². The maximum atomic E-state index is 12.1. The van der Waals surface area contributed by atoms with Crippen molar-refractivity contribution in [1.29, 1.82) is 5.26 Å². The first kappa shape index (κ1) is 18.7. The molecule has 9 heteroatoms. The normalized spacial score (nSPS) is 15.6. The minimum Gasteiger partial charge on any atom is -0.386 e. The molecule has 0 aliphatic carbocycles. The molecule has 6 nitrogen and oxygen atoms in total. The highest BCUT2D eigenvalue weighted by Gasteiger charge is 2.42. The summed E-state index contributed by atoms with van der Waals surface area (Å²) in [7, 11) is 0. The van der Waals surface area contributed by atoms with Crippen molar-refractivity contribution in [2.45, 2.75) is 32.4 Å². The number of nitrogens with zero attached hydrogens (tertiary/aromatic N) is 3. The third-order valence-corrected chi connectivity index (χ3v) is 3.94. The van der Waals surface area contributed by atoms with Crippen molar-refractivity contribution in [2.75, 3.05) is 18.0 Å². The molecule has 0 saturated carbocycles. The number of anilines is 1. The number of ether oxygens (including phenoxy) is 1. The number of halogens is 3. The predicted octanol–water partition coefficient (Wildman–Crippen LogP) is 2.50. The van der Waals surface area contributed by atoms with Crippen LogP contribution in [0.2, 0.25) is 0 Å². The van der Waals surface area contributed by atoms with Crippen LogP contribution in [0.5, 0.6) is 0 Å². The minimum atomic E-state index is -5.18. The second-order valence-corrected chi connectivity index (χ2v) is 5.83. The summed E-state index contributed by atoms with van der Waals surface area (Å²) in [5.74, 6) is -3.28. The number of hydrogen-bond acceptors (Lipinski definition) is 6. The van der Waals surface area contributed by atoms with E-state index in [4.69, 9.17) is 5.26 Å². The van der Waals surface area contributed by atoms with Crippen molar-refractivity contribution in [3.63, 3.8) is 0 Å². The van der Waals surface area contributed by atoms with E-state index in [2.05, 4.69) is 15.8 Å². The fourth-order valence-corrected chi connectivity index (χ4v) is 2.66. The van der Waals surface area contributed by atoms with Gasteiger partial charge in [-0.25, -0.2) is 9.78 Å². The van der Waals surface area contributed by atoms with Crippen LogP contribution in [0.15, 0.2) is 12.1 Å². The highest BCUT2D eigenvalue weighted by Crippen LogP contribution is 2.27. The fraction of sp³-hybridized carbons (Fsp3) is 0.500. The number of esters is 2. The summed E-state index contributed by atoms with van der Waals surface area (Å²) in [4.78, 5) is 28.4. The van der Waals surface area contributed by atoms with Crippen molar-refractivity contribution < 1.29 is 27.5 Å². The van der Waals surface area contributed by atoms with Crippen molar-refractivity contribution >= 4 is 17.8 Å². The number of aryl methyl sites for hydroxylation is 1. The summed E-state index contributed by atoms with van der Waals surface area (Å²) in [6.07, 6.45) is -4.38. The summed E-state index contributed by atoms with van der Waals surface area (Å²) < 4.78 is 40.0. The van der Waals surface area contributed by atoms with Crippen LogP contribution in [0.4, 0.5) is 19.0 Å². The van der Waals surface area contributed by atoms with E-state index >= 15 is 0 Å². The van der Waals surface area contributed by atoms with Crippen molar-refractivity contribution in [3.05, 3.63) is 23.4 Å². The Morgan fingerprint density at radius 1 is 1.36 bits per heavy atom. The number of carbonyl (C=O) groups is 2. The van der Waals surface area contributed by atoms with Gasteiger partial charge in [0.1, 0.15) is 11.9 Å². The maximum Gasteiger partial charge on any atom is 0.491 e. The van der Waals surface area contributed by atoms with Crippen LogP contribution in [0.1, 0.15) is 30.5 Å². The molecule has 25 heavy (non-hydrogen) atoms. The molecule has 0 N–H and O–H groups in total. The van der Waals surface area contributed by atoms with Gasteiger partial charge >= 0.3 is 18.1 Å². The molecule has 1 aliphatic rings. The Morgan fingerprint density at radius 3 is 2.56 bits per heavy atom. The molecule has 0 atom stereocenters. The van der Waals surface area contributed by atoms with E-state index in [1.165, 1.54) is 0 Å². The summed E-state index contributed by atoms with van der Waals surface area (Å²) in [6, 6.07) is 5.50. The van der Waals surface area contributed by atoms with Gasteiger partial charge in [-0.2, -0.15) is 18.4 Å². The topological polar surface area (TPSA) is 83.3 Å². The Hall–Kier alpha value is -2.63. The van der Waals surface area contributed by atoms with Gasteiger partial charge in [-0.3, -0.25) is 4.79 Å². The predicted molar refractivity (Wildman–Crippen MR) is 80.4 cm³/mol. The van der Waals surface area contributed by atoms with Crippen LogP contribution in [-0.4, -0.2) is 36.2 Å². The van der Waals surface area contributed by atoms with Crippen LogP contribution >= 0.6 is 0 Å². The van der Waals surface area contributed by atoms with E-state index in [0.717, 1.165) is 5.69 Å². The molecule has 0 bridgehead atoms. The highest BCUT2D eigenvalue weighted by molar-refractivity contribution is 5.88. The molecule has 0 spiro atoms. The molecular weight excluding hydrogens is 339 g/mol. The zero-order valence-electron chi connectivity index (χ0n) is 13.5. The van der Waals surface area contributed by atoms with Crippen LogP contribution in [0.3, 0.4) is 0 Å². The number of hydrogen-bond donors (Lipinski definition) is 0. The number of nitriles is 1. The maximum absolute atomic E-state index is 12.1. The van der Waals surface area contributed by atoms with Gasteiger partial charge < -0.3 is 9.64 Å². The van der Waals surface area contributed by atoms with E-state index in [9.17, 15) is 22.8 Å². The van der Waals surface area contributed by atoms with E-state index in [1.807, 2.05) is 11.8 Å². The third-order valence-electron chi connectivity index (χ3n) is 3.94. The quantitative estimate of drug-likeness (QED) is 0.612. The number of rotatable bonds is 3. The van der Waals surface area contributed by atoms with E-state index in [0.29, 0.717) is 37.3 Å². The first-order chi connectivity index (χ1) is 11.7. The highest BCUT2D eigenvalue weighted by atomic mass is 19.4. The molecular formula is C16H16F3N3O3. The molecule has 0 unspecified atom stereocenters. The molecule has 1 aromatic heterocycles. The van der Waals surface area contributed by atoms with Crippen molar-refractivity contribution in [3.8, 4) is 6.07 Å². The average Bonchev–Trinajstić information content (AvgIpc) is 2.54. The second kappa shape index (κ2) is 7.51. The molecule has 2 rings (SSSR count). The Morgan fingerprint density at radius 2 is 2.00 bits per heavy atom. The van der Waals surface area contributed by atoms with Gasteiger partial charge in [-0.15, -0.1) is 0 Å². The summed E-state index contributed by atoms with van der Waals surface area (Å²) in [5.41, 5.74) is 1.21. The van der Waals surface area contributed by atoms with Gasteiger partial charge in [0.2, 0.25) is 0 Å². The van der Waals surface area contributed by atoms with Gasteiger partial charge in [-0.05, 0) is 37.8 Å². The second-order valence-electron chi connectivity index (χ2n) is 5.83. The van der Waals surface area contributed by atoms with Gasteiger partial charge in [0, 0.05) is 25.2 Å². The zero-order valence-corrected chi connectivity index (χ0v) is 13.5. The van der Waals surface area contributed by atoms with Crippen molar-refractivity contribution in [1.82, 2.24) is 4.98 Å². The van der Waals surface area contributed by atoms with E-state index in [1.54, 1.807) is 12.1 Å².